The highest BCUT2D eigenvalue weighted by Gasteiger charge is 2.14. The lowest BCUT2D eigenvalue weighted by Crippen LogP contribution is -2.16. The molecule has 29 heavy (non-hydrogen) atoms. The standard InChI is InChI=1S/C22H20N2O5/c1-14-17(12-15-8-9-16(27-2)13-18(15)23-14)21(25)28-11-5-10-24-19-6-3-4-7-20(19)29-22(24)26/h3-4,6-9,12-13H,5,10-11H2,1-2H3. The molecule has 0 bridgehead atoms. The smallest absolute Gasteiger partial charge is 0.419 e. The maximum absolute atomic E-state index is 12.5. The Balaban J connectivity index is 1.42. The first-order valence-corrected chi connectivity index (χ1v) is 9.28. The van der Waals surface area contributed by atoms with Crippen molar-refractivity contribution in [2.24, 2.45) is 0 Å². The molecule has 0 saturated heterocycles. The number of para-hydroxylation sites is 2. The van der Waals surface area contributed by atoms with Gasteiger partial charge < -0.3 is 13.9 Å². The minimum Gasteiger partial charge on any atom is -0.497 e. The van der Waals surface area contributed by atoms with Gasteiger partial charge in [-0.3, -0.25) is 9.55 Å². The molecule has 2 aromatic carbocycles. The molecule has 148 valence electrons. The molecule has 0 unspecified atom stereocenters. The molecule has 0 amide bonds. The summed E-state index contributed by atoms with van der Waals surface area (Å²) in [6.07, 6.45) is 0.492. The van der Waals surface area contributed by atoms with Gasteiger partial charge in [0.15, 0.2) is 5.58 Å². The van der Waals surface area contributed by atoms with E-state index in [2.05, 4.69) is 4.98 Å². The summed E-state index contributed by atoms with van der Waals surface area (Å²) in [5, 5.41) is 0.833. The molecule has 2 heterocycles. The van der Waals surface area contributed by atoms with Crippen LogP contribution in [-0.2, 0) is 11.3 Å². The lowest BCUT2D eigenvalue weighted by atomic mass is 10.1. The van der Waals surface area contributed by atoms with E-state index < -0.39 is 11.7 Å². The molecular weight excluding hydrogens is 372 g/mol. The van der Waals surface area contributed by atoms with Gasteiger partial charge in [0.05, 0.1) is 36.0 Å². The highest BCUT2D eigenvalue weighted by atomic mass is 16.5. The number of methoxy groups -OCH3 is 1. The van der Waals surface area contributed by atoms with Crippen molar-refractivity contribution < 1.29 is 18.7 Å². The summed E-state index contributed by atoms with van der Waals surface area (Å²) < 4.78 is 17.4. The number of aryl methyl sites for hydroxylation is 2. The number of carbonyl (C=O) groups is 1. The Morgan fingerprint density at radius 3 is 2.83 bits per heavy atom. The van der Waals surface area contributed by atoms with Crippen molar-refractivity contribution >= 4 is 28.0 Å². The lowest BCUT2D eigenvalue weighted by molar-refractivity contribution is 0.0494. The van der Waals surface area contributed by atoms with Crippen LogP contribution in [0.1, 0.15) is 22.5 Å². The van der Waals surface area contributed by atoms with E-state index in [0.29, 0.717) is 35.6 Å². The number of oxazole rings is 1. The van der Waals surface area contributed by atoms with Crippen LogP contribution in [0.5, 0.6) is 5.75 Å². The Hall–Kier alpha value is -3.61. The second kappa shape index (κ2) is 7.79. The second-order valence-electron chi connectivity index (χ2n) is 6.66. The average molecular weight is 392 g/mol. The third kappa shape index (κ3) is 3.71. The molecule has 0 aliphatic rings. The summed E-state index contributed by atoms with van der Waals surface area (Å²) in [4.78, 5) is 29.0. The first-order chi connectivity index (χ1) is 14.1. The van der Waals surface area contributed by atoms with Gasteiger partial charge in [-0.25, -0.2) is 9.59 Å². The molecule has 0 N–H and O–H groups in total. The van der Waals surface area contributed by atoms with Crippen molar-refractivity contribution in [2.45, 2.75) is 19.9 Å². The van der Waals surface area contributed by atoms with Gasteiger partial charge in [0.2, 0.25) is 0 Å². The van der Waals surface area contributed by atoms with Crippen LogP contribution in [0.2, 0.25) is 0 Å². The lowest BCUT2D eigenvalue weighted by Gasteiger charge is -2.09. The molecule has 0 radical (unpaired) electrons. The van der Waals surface area contributed by atoms with Gasteiger partial charge in [0.25, 0.3) is 0 Å². The monoisotopic (exact) mass is 392 g/mol. The Morgan fingerprint density at radius 2 is 2.00 bits per heavy atom. The first kappa shape index (κ1) is 18.7. The number of benzene rings is 2. The summed E-state index contributed by atoms with van der Waals surface area (Å²) >= 11 is 0. The number of rotatable bonds is 6. The van der Waals surface area contributed by atoms with E-state index in [1.54, 1.807) is 30.7 Å². The number of hydrogen-bond acceptors (Lipinski definition) is 6. The van der Waals surface area contributed by atoms with E-state index in [1.807, 2.05) is 36.4 Å². The van der Waals surface area contributed by atoms with Gasteiger partial charge in [-0.2, -0.15) is 0 Å². The van der Waals surface area contributed by atoms with Crippen LogP contribution < -0.4 is 10.5 Å². The van der Waals surface area contributed by atoms with Crippen LogP contribution >= 0.6 is 0 Å². The number of fused-ring (bicyclic) bond motifs is 2. The van der Waals surface area contributed by atoms with Gasteiger partial charge in [-0.1, -0.05) is 12.1 Å². The molecule has 0 saturated carbocycles. The fourth-order valence-corrected chi connectivity index (χ4v) is 3.27. The van der Waals surface area contributed by atoms with E-state index >= 15 is 0 Å². The third-order valence-electron chi connectivity index (χ3n) is 4.77. The fraction of sp³-hybridized carbons (Fsp3) is 0.227. The molecule has 2 aromatic heterocycles. The van der Waals surface area contributed by atoms with Gasteiger partial charge in [0, 0.05) is 18.0 Å². The quantitative estimate of drug-likeness (QED) is 0.367. The summed E-state index contributed by atoms with van der Waals surface area (Å²) in [5.41, 5.74) is 3.05. The number of carbonyl (C=O) groups excluding carboxylic acids is 1. The van der Waals surface area contributed by atoms with E-state index in [1.165, 1.54) is 0 Å². The molecule has 0 aliphatic carbocycles. The number of ether oxygens (including phenoxy) is 2. The van der Waals surface area contributed by atoms with Crippen molar-refractivity contribution in [2.75, 3.05) is 13.7 Å². The highest BCUT2D eigenvalue weighted by molar-refractivity contribution is 5.95. The zero-order valence-corrected chi connectivity index (χ0v) is 16.2. The molecule has 0 fully saturated rings. The van der Waals surface area contributed by atoms with E-state index in [0.717, 1.165) is 16.4 Å². The van der Waals surface area contributed by atoms with E-state index in [-0.39, 0.29) is 6.61 Å². The fourth-order valence-electron chi connectivity index (χ4n) is 3.27. The van der Waals surface area contributed by atoms with Crippen molar-refractivity contribution in [3.05, 3.63) is 70.3 Å². The topological polar surface area (TPSA) is 83.6 Å². The predicted octanol–water partition coefficient (Wildman–Crippen LogP) is 3.71. The summed E-state index contributed by atoms with van der Waals surface area (Å²) in [7, 11) is 1.60. The minimum atomic E-state index is -0.433. The number of nitrogens with zero attached hydrogens (tertiary/aromatic N) is 2. The van der Waals surface area contributed by atoms with Crippen LogP contribution in [-0.4, -0.2) is 29.2 Å². The molecule has 4 rings (SSSR count). The Labute approximate surface area is 166 Å². The van der Waals surface area contributed by atoms with Crippen molar-refractivity contribution in [1.29, 1.82) is 0 Å². The maximum Gasteiger partial charge on any atom is 0.419 e. The zero-order chi connectivity index (χ0) is 20.4. The Bertz CT molecular complexity index is 1260. The van der Waals surface area contributed by atoms with E-state index in [4.69, 9.17) is 13.9 Å². The molecule has 0 spiro atoms. The maximum atomic E-state index is 12.5. The van der Waals surface area contributed by atoms with Crippen molar-refractivity contribution in [1.82, 2.24) is 9.55 Å². The van der Waals surface area contributed by atoms with Crippen molar-refractivity contribution in [3.8, 4) is 5.75 Å². The molecule has 7 heteroatoms. The molecule has 0 aliphatic heterocycles. The Kier molecular flexibility index (Phi) is 5.03. The third-order valence-corrected chi connectivity index (χ3v) is 4.77. The summed E-state index contributed by atoms with van der Waals surface area (Å²) in [6, 6.07) is 14.5. The average Bonchev–Trinajstić information content (AvgIpc) is 3.05. The van der Waals surface area contributed by atoms with Crippen LogP contribution in [0, 0.1) is 6.92 Å². The van der Waals surface area contributed by atoms with Gasteiger partial charge in [-0.05, 0) is 43.7 Å². The van der Waals surface area contributed by atoms with Crippen molar-refractivity contribution in [3.63, 3.8) is 0 Å². The predicted molar refractivity (Wildman–Crippen MR) is 108 cm³/mol. The largest absolute Gasteiger partial charge is 0.497 e. The summed E-state index contributed by atoms with van der Waals surface area (Å²) in [6.45, 7) is 2.36. The number of hydrogen-bond donors (Lipinski definition) is 0. The minimum absolute atomic E-state index is 0.185. The normalized spacial score (nSPS) is 11.1. The van der Waals surface area contributed by atoms with Gasteiger partial charge >= 0.3 is 11.7 Å². The van der Waals surface area contributed by atoms with Crippen LogP contribution in [0.25, 0.3) is 22.0 Å². The highest BCUT2D eigenvalue weighted by Crippen LogP contribution is 2.22. The zero-order valence-electron chi connectivity index (χ0n) is 16.2. The molecule has 4 aromatic rings. The van der Waals surface area contributed by atoms with Crippen LogP contribution in [0.3, 0.4) is 0 Å². The van der Waals surface area contributed by atoms with Crippen LogP contribution in [0.4, 0.5) is 0 Å². The summed E-state index contributed by atoms with van der Waals surface area (Å²) in [5.74, 6) is -0.138. The van der Waals surface area contributed by atoms with E-state index in [9.17, 15) is 9.59 Å². The molecule has 7 nitrogen and oxygen atoms in total. The van der Waals surface area contributed by atoms with Crippen LogP contribution in [0.15, 0.2) is 57.7 Å². The number of aromatic nitrogens is 2. The Morgan fingerprint density at radius 1 is 1.17 bits per heavy atom. The molecule has 0 atom stereocenters. The number of pyridine rings is 1. The molecular formula is C22H20N2O5. The first-order valence-electron chi connectivity index (χ1n) is 9.28. The number of esters is 1. The second-order valence-corrected chi connectivity index (χ2v) is 6.66. The van der Waals surface area contributed by atoms with Gasteiger partial charge in [0.1, 0.15) is 5.75 Å². The van der Waals surface area contributed by atoms with Gasteiger partial charge in [-0.15, -0.1) is 0 Å². The SMILES string of the molecule is COc1ccc2cc(C(=O)OCCCn3c(=O)oc4ccccc43)c(C)nc2c1.